The molecule has 7 nitrogen and oxygen atoms in total. The molecule has 1 aromatic rings. The molecule has 3 atom stereocenters. The van der Waals surface area contributed by atoms with E-state index in [-0.39, 0.29) is 30.4 Å². The first-order chi connectivity index (χ1) is 13.4. The van der Waals surface area contributed by atoms with Gasteiger partial charge in [0.05, 0.1) is 18.8 Å². The highest BCUT2D eigenvalue weighted by molar-refractivity contribution is 5.90. The molecule has 9 heteroatoms. The summed E-state index contributed by atoms with van der Waals surface area (Å²) in [5.41, 5.74) is -0.0135. The molecule has 0 bridgehead atoms. The van der Waals surface area contributed by atoms with Gasteiger partial charge in [-0.3, -0.25) is 9.69 Å². The van der Waals surface area contributed by atoms with Crippen LogP contribution >= 0.6 is 0 Å². The van der Waals surface area contributed by atoms with Gasteiger partial charge in [0.2, 0.25) is 5.91 Å². The van der Waals surface area contributed by atoms with E-state index in [0.29, 0.717) is 37.3 Å². The molecule has 28 heavy (non-hydrogen) atoms. The van der Waals surface area contributed by atoms with Crippen LogP contribution in [0.3, 0.4) is 0 Å². The van der Waals surface area contributed by atoms with Crippen molar-refractivity contribution in [3.05, 3.63) is 23.8 Å². The number of anilines is 2. The lowest BCUT2D eigenvalue weighted by atomic mass is 10.1. The summed E-state index contributed by atoms with van der Waals surface area (Å²) < 4.78 is 34.5. The predicted molar refractivity (Wildman–Crippen MR) is 96.0 cm³/mol. The molecule has 3 fully saturated rings. The van der Waals surface area contributed by atoms with Crippen molar-refractivity contribution in [2.75, 3.05) is 36.0 Å². The van der Waals surface area contributed by atoms with Crippen LogP contribution in [0, 0.1) is 29.4 Å². The largest absolute Gasteiger partial charge is 0.442 e. The van der Waals surface area contributed by atoms with Crippen molar-refractivity contribution in [3.63, 3.8) is 0 Å². The van der Waals surface area contributed by atoms with E-state index in [1.165, 1.54) is 6.92 Å². The van der Waals surface area contributed by atoms with Gasteiger partial charge in [-0.15, -0.1) is 0 Å². The van der Waals surface area contributed by atoms with E-state index in [1.807, 2.05) is 0 Å². The first-order valence-electron chi connectivity index (χ1n) is 9.29. The van der Waals surface area contributed by atoms with Crippen LogP contribution in [0.4, 0.5) is 25.0 Å². The van der Waals surface area contributed by atoms with Crippen LogP contribution in [0.2, 0.25) is 0 Å². The normalized spacial score (nSPS) is 28.2. The fourth-order valence-electron chi connectivity index (χ4n) is 4.40. The number of aldehydes is 1. The van der Waals surface area contributed by atoms with Crippen molar-refractivity contribution in [1.29, 1.82) is 0 Å². The molecule has 1 aliphatic carbocycles. The quantitative estimate of drug-likeness (QED) is 0.745. The molecular weight excluding hydrogens is 372 g/mol. The summed E-state index contributed by atoms with van der Waals surface area (Å²) in [4.78, 5) is 36.5. The third kappa shape index (κ3) is 3.29. The van der Waals surface area contributed by atoms with Gasteiger partial charge in [-0.05, 0) is 17.8 Å². The number of hydrogen-bond acceptors (Lipinski definition) is 5. The van der Waals surface area contributed by atoms with Crippen LogP contribution in [0.15, 0.2) is 12.1 Å². The molecule has 1 N–H and O–H groups in total. The number of hydrogen-bond donors (Lipinski definition) is 1. The van der Waals surface area contributed by atoms with Gasteiger partial charge >= 0.3 is 6.09 Å². The molecule has 150 valence electrons. The lowest BCUT2D eigenvalue weighted by Gasteiger charge is -2.24. The number of nitrogens with zero attached hydrogens (tertiary/aromatic N) is 2. The molecular formula is C19H21F2N3O4. The Morgan fingerprint density at radius 3 is 2.46 bits per heavy atom. The molecule has 1 aromatic carbocycles. The monoisotopic (exact) mass is 393 g/mol. The highest BCUT2D eigenvalue weighted by Crippen LogP contribution is 2.54. The zero-order chi connectivity index (χ0) is 20.0. The molecule has 4 rings (SSSR count). The molecule has 3 aliphatic rings. The van der Waals surface area contributed by atoms with Crippen LogP contribution in [-0.4, -0.2) is 50.6 Å². The van der Waals surface area contributed by atoms with Crippen LogP contribution in [0.5, 0.6) is 0 Å². The Morgan fingerprint density at radius 1 is 1.25 bits per heavy atom. The summed E-state index contributed by atoms with van der Waals surface area (Å²) in [6.07, 6.45) is 0.116. The molecule has 2 amide bonds. The number of fused-ring (bicyclic) bond motifs is 1. The second-order valence-corrected chi connectivity index (χ2v) is 7.61. The maximum Gasteiger partial charge on any atom is 0.414 e. The smallest absolute Gasteiger partial charge is 0.414 e. The Balaban J connectivity index is 1.46. The third-order valence-corrected chi connectivity index (χ3v) is 5.82. The molecule has 0 aromatic heterocycles. The topological polar surface area (TPSA) is 79.0 Å². The van der Waals surface area contributed by atoms with Crippen LogP contribution in [0.1, 0.15) is 13.3 Å². The van der Waals surface area contributed by atoms with Gasteiger partial charge in [-0.25, -0.2) is 13.6 Å². The lowest BCUT2D eigenvalue weighted by Crippen LogP contribution is -2.33. The SMILES string of the molecule is CC(=O)NCC1CN(c2cc(F)c(N3CC4C(CC=O)C4C3)c(F)c2)C(=O)O1. The molecule has 0 radical (unpaired) electrons. The number of nitrogens with one attached hydrogen (secondary N) is 1. The highest BCUT2D eigenvalue weighted by atomic mass is 19.1. The molecule has 3 unspecified atom stereocenters. The highest BCUT2D eigenvalue weighted by Gasteiger charge is 2.55. The molecule has 2 aliphatic heterocycles. The van der Waals surface area contributed by atoms with E-state index < -0.39 is 23.8 Å². The van der Waals surface area contributed by atoms with Gasteiger partial charge < -0.3 is 19.7 Å². The minimum atomic E-state index is -0.735. The number of cyclic esters (lactones) is 1. The van der Waals surface area contributed by atoms with Gasteiger partial charge in [0.1, 0.15) is 18.1 Å². The fraction of sp³-hybridized carbons (Fsp3) is 0.526. The minimum absolute atomic E-state index is 0.0808. The van der Waals surface area contributed by atoms with E-state index >= 15 is 0 Å². The number of piperidine rings is 1. The number of halogens is 2. The van der Waals surface area contributed by atoms with Gasteiger partial charge in [-0.2, -0.15) is 0 Å². The molecule has 1 saturated carbocycles. The summed E-state index contributed by atoms with van der Waals surface area (Å²) in [6, 6.07) is 2.26. The average Bonchev–Trinajstić information content (AvgIpc) is 2.96. The number of ether oxygens (including phenoxy) is 1. The molecule has 0 spiro atoms. The maximum absolute atomic E-state index is 14.7. The van der Waals surface area contributed by atoms with E-state index in [0.717, 1.165) is 23.3 Å². The maximum atomic E-state index is 14.7. The lowest BCUT2D eigenvalue weighted by molar-refractivity contribution is -0.119. The first-order valence-corrected chi connectivity index (χ1v) is 9.29. The summed E-state index contributed by atoms with van der Waals surface area (Å²) in [6.45, 7) is 2.64. The number of carbonyl (C=O) groups excluding carboxylic acids is 3. The van der Waals surface area contributed by atoms with Crippen molar-refractivity contribution >= 4 is 29.7 Å². The summed E-state index contributed by atoms with van der Waals surface area (Å²) >= 11 is 0. The van der Waals surface area contributed by atoms with E-state index in [4.69, 9.17) is 4.74 Å². The number of rotatable bonds is 6. The summed E-state index contributed by atoms with van der Waals surface area (Å²) in [5.74, 6) is -0.768. The first kappa shape index (κ1) is 18.6. The second-order valence-electron chi connectivity index (χ2n) is 7.61. The van der Waals surface area contributed by atoms with E-state index in [2.05, 4.69) is 5.32 Å². The van der Waals surface area contributed by atoms with Gasteiger partial charge in [0, 0.05) is 38.6 Å². The van der Waals surface area contributed by atoms with E-state index in [1.54, 1.807) is 4.90 Å². The zero-order valence-electron chi connectivity index (χ0n) is 15.4. The average molecular weight is 393 g/mol. The van der Waals surface area contributed by atoms with Crippen LogP contribution in [-0.2, 0) is 14.3 Å². The summed E-state index contributed by atoms with van der Waals surface area (Å²) in [5, 5.41) is 2.55. The number of carbonyl (C=O) groups is 3. The number of benzene rings is 1. The molecule has 2 saturated heterocycles. The Hall–Kier alpha value is -2.71. The fourth-order valence-corrected chi connectivity index (χ4v) is 4.40. The standard InChI is InChI=1S/C19H21F2N3O4/c1-10(26)22-6-12-7-24(19(27)28-12)11-4-16(20)18(17(21)5-11)23-8-14-13(2-3-25)15(14)9-23/h3-5,12-15H,2,6-9H2,1H3,(H,22,26). The van der Waals surface area contributed by atoms with Crippen molar-refractivity contribution in [1.82, 2.24) is 5.32 Å². The molecule has 2 heterocycles. The summed E-state index contributed by atoms with van der Waals surface area (Å²) in [7, 11) is 0. The Bertz CT molecular complexity index is 798. The van der Waals surface area contributed by atoms with Crippen LogP contribution in [0.25, 0.3) is 0 Å². The van der Waals surface area contributed by atoms with Gasteiger partial charge in [-0.1, -0.05) is 0 Å². The minimum Gasteiger partial charge on any atom is -0.442 e. The zero-order valence-corrected chi connectivity index (χ0v) is 15.4. The second kappa shape index (κ2) is 7.03. The van der Waals surface area contributed by atoms with Gasteiger partial charge in [0.25, 0.3) is 0 Å². The van der Waals surface area contributed by atoms with Crippen molar-refractivity contribution in [2.45, 2.75) is 19.4 Å². The van der Waals surface area contributed by atoms with Crippen molar-refractivity contribution in [2.24, 2.45) is 17.8 Å². The Labute approximate surface area is 160 Å². The Morgan fingerprint density at radius 2 is 1.89 bits per heavy atom. The Kier molecular flexibility index (Phi) is 4.68. The van der Waals surface area contributed by atoms with Crippen molar-refractivity contribution < 1.29 is 27.9 Å². The number of amides is 2. The van der Waals surface area contributed by atoms with Crippen molar-refractivity contribution in [3.8, 4) is 0 Å². The third-order valence-electron chi connectivity index (χ3n) is 5.82. The van der Waals surface area contributed by atoms with E-state index in [9.17, 15) is 23.2 Å². The predicted octanol–water partition coefficient (Wildman–Crippen LogP) is 1.70. The van der Waals surface area contributed by atoms with Crippen LogP contribution < -0.4 is 15.1 Å². The van der Waals surface area contributed by atoms with Gasteiger partial charge in [0.15, 0.2) is 11.6 Å².